The molecule has 0 spiro atoms. The molecule has 1 fully saturated rings. The molecule has 1 heterocycles. The first-order chi connectivity index (χ1) is 12.7. The topological polar surface area (TPSA) is 58.1 Å². The first kappa shape index (κ1) is 20.5. The number of aliphatic imine (C=N–C) groups is 1. The SMILES string of the molecule is CCNC(=NCC(C)Oc1ccccc1C)NCCCN1CCOCC1. The van der Waals surface area contributed by atoms with E-state index in [1.165, 1.54) is 0 Å². The molecule has 0 saturated carbocycles. The highest BCUT2D eigenvalue weighted by atomic mass is 16.5. The predicted octanol–water partition coefficient (Wildman–Crippen LogP) is 2.04. The van der Waals surface area contributed by atoms with Gasteiger partial charge in [0.25, 0.3) is 0 Å². The molecule has 0 amide bonds. The van der Waals surface area contributed by atoms with Gasteiger partial charge in [-0.2, -0.15) is 0 Å². The number of nitrogens with one attached hydrogen (secondary N) is 2. The predicted molar refractivity (Wildman–Crippen MR) is 107 cm³/mol. The molecular weight excluding hydrogens is 328 g/mol. The lowest BCUT2D eigenvalue weighted by molar-refractivity contribution is 0.0376. The maximum Gasteiger partial charge on any atom is 0.191 e. The summed E-state index contributed by atoms with van der Waals surface area (Å²) in [7, 11) is 0. The molecule has 2 N–H and O–H groups in total. The van der Waals surface area contributed by atoms with Gasteiger partial charge in [-0.15, -0.1) is 0 Å². The average molecular weight is 363 g/mol. The highest BCUT2D eigenvalue weighted by Gasteiger charge is 2.10. The number of aryl methyl sites for hydroxylation is 1. The molecule has 0 radical (unpaired) electrons. The number of nitrogens with zero attached hydrogens (tertiary/aromatic N) is 2. The summed E-state index contributed by atoms with van der Waals surface area (Å²) in [6, 6.07) is 8.09. The number of morpholine rings is 1. The van der Waals surface area contributed by atoms with Crippen molar-refractivity contribution in [1.29, 1.82) is 0 Å². The molecule has 0 bridgehead atoms. The van der Waals surface area contributed by atoms with Crippen LogP contribution in [-0.2, 0) is 4.74 Å². The Bertz CT molecular complexity index is 544. The fraction of sp³-hybridized carbons (Fsp3) is 0.650. The molecule has 1 aromatic rings. The zero-order chi connectivity index (χ0) is 18.6. The van der Waals surface area contributed by atoms with Gasteiger partial charge < -0.3 is 20.1 Å². The third kappa shape index (κ3) is 7.62. The van der Waals surface area contributed by atoms with Gasteiger partial charge in [-0.3, -0.25) is 4.90 Å². The highest BCUT2D eigenvalue weighted by Crippen LogP contribution is 2.17. The molecule has 0 aliphatic carbocycles. The van der Waals surface area contributed by atoms with Crippen LogP contribution < -0.4 is 15.4 Å². The van der Waals surface area contributed by atoms with Crippen LogP contribution in [0.2, 0.25) is 0 Å². The Hall–Kier alpha value is -1.79. The number of para-hydroxylation sites is 1. The first-order valence-electron chi connectivity index (χ1n) is 9.73. The standard InChI is InChI=1S/C20H34N4O2/c1-4-21-20(22-10-7-11-24-12-14-25-15-13-24)23-16-18(3)26-19-9-6-5-8-17(19)2/h5-6,8-9,18H,4,7,10-16H2,1-3H3,(H2,21,22,23). The number of benzene rings is 1. The van der Waals surface area contributed by atoms with Crippen molar-refractivity contribution in [2.45, 2.75) is 33.3 Å². The van der Waals surface area contributed by atoms with E-state index in [1.54, 1.807) is 0 Å². The number of hydrogen-bond donors (Lipinski definition) is 2. The Kier molecular flexibility index (Phi) is 9.28. The fourth-order valence-electron chi connectivity index (χ4n) is 2.84. The third-order valence-corrected chi connectivity index (χ3v) is 4.32. The van der Waals surface area contributed by atoms with Gasteiger partial charge in [0.05, 0.1) is 19.8 Å². The van der Waals surface area contributed by atoms with Crippen LogP contribution in [0, 0.1) is 6.92 Å². The largest absolute Gasteiger partial charge is 0.489 e. The van der Waals surface area contributed by atoms with Crippen molar-refractivity contribution in [1.82, 2.24) is 15.5 Å². The van der Waals surface area contributed by atoms with Crippen molar-refractivity contribution in [3.8, 4) is 5.75 Å². The fourth-order valence-corrected chi connectivity index (χ4v) is 2.84. The second-order valence-electron chi connectivity index (χ2n) is 6.65. The van der Waals surface area contributed by atoms with E-state index < -0.39 is 0 Å². The lowest BCUT2D eigenvalue weighted by Gasteiger charge is -2.26. The minimum Gasteiger partial charge on any atom is -0.489 e. The summed E-state index contributed by atoms with van der Waals surface area (Å²) >= 11 is 0. The number of rotatable bonds is 9. The summed E-state index contributed by atoms with van der Waals surface area (Å²) in [5, 5.41) is 6.72. The lowest BCUT2D eigenvalue weighted by Crippen LogP contribution is -2.41. The molecule has 1 unspecified atom stereocenters. The van der Waals surface area contributed by atoms with Crippen LogP contribution in [0.25, 0.3) is 0 Å². The third-order valence-electron chi connectivity index (χ3n) is 4.32. The summed E-state index contributed by atoms with van der Waals surface area (Å²) in [6.07, 6.45) is 1.12. The Labute approximate surface area is 158 Å². The summed E-state index contributed by atoms with van der Waals surface area (Å²) in [5.74, 6) is 1.79. The smallest absolute Gasteiger partial charge is 0.191 e. The maximum atomic E-state index is 6.00. The zero-order valence-corrected chi connectivity index (χ0v) is 16.5. The molecule has 146 valence electrons. The molecule has 1 saturated heterocycles. The Balaban J connectivity index is 1.71. The van der Waals surface area contributed by atoms with Gasteiger partial charge in [0.2, 0.25) is 0 Å². The number of hydrogen-bond acceptors (Lipinski definition) is 4. The van der Waals surface area contributed by atoms with Crippen LogP contribution in [0.15, 0.2) is 29.3 Å². The van der Waals surface area contributed by atoms with Crippen molar-refractivity contribution in [2.24, 2.45) is 4.99 Å². The van der Waals surface area contributed by atoms with E-state index in [0.29, 0.717) is 6.54 Å². The number of ether oxygens (including phenoxy) is 2. The summed E-state index contributed by atoms with van der Waals surface area (Å²) in [6.45, 7) is 13.5. The molecule has 2 rings (SSSR count). The van der Waals surface area contributed by atoms with Gasteiger partial charge in [0.15, 0.2) is 5.96 Å². The quantitative estimate of drug-likeness (QED) is 0.400. The van der Waals surface area contributed by atoms with Crippen LogP contribution in [0.1, 0.15) is 25.8 Å². The molecule has 0 aromatic heterocycles. The molecule has 1 aliphatic heterocycles. The van der Waals surface area contributed by atoms with E-state index in [0.717, 1.165) is 69.6 Å². The Morgan fingerprint density at radius 3 is 2.77 bits per heavy atom. The van der Waals surface area contributed by atoms with Crippen LogP contribution in [-0.4, -0.2) is 69.4 Å². The van der Waals surface area contributed by atoms with Gasteiger partial charge in [0, 0.05) is 26.2 Å². The van der Waals surface area contributed by atoms with E-state index in [2.05, 4.69) is 47.4 Å². The molecule has 1 aromatic carbocycles. The monoisotopic (exact) mass is 362 g/mol. The molecule has 6 nitrogen and oxygen atoms in total. The second kappa shape index (κ2) is 11.8. The molecule has 1 aliphatic rings. The van der Waals surface area contributed by atoms with Crippen LogP contribution in [0.4, 0.5) is 0 Å². The van der Waals surface area contributed by atoms with E-state index >= 15 is 0 Å². The minimum absolute atomic E-state index is 0.0277. The van der Waals surface area contributed by atoms with Crippen molar-refractivity contribution < 1.29 is 9.47 Å². The van der Waals surface area contributed by atoms with Crippen LogP contribution in [0.5, 0.6) is 5.75 Å². The molecular formula is C20H34N4O2. The van der Waals surface area contributed by atoms with E-state index in [9.17, 15) is 0 Å². The van der Waals surface area contributed by atoms with Crippen molar-refractivity contribution >= 4 is 5.96 Å². The van der Waals surface area contributed by atoms with E-state index in [1.807, 2.05) is 18.2 Å². The first-order valence-corrected chi connectivity index (χ1v) is 9.73. The van der Waals surface area contributed by atoms with Gasteiger partial charge in [-0.05, 0) is 45.4 Å². The second-order valence-corrected chi connectivity index (χ2v) is 6.65. The van der Waals surface area contributed by atoms with E-state index in [-0.39, 0.29) is 6.10 Å². The van der Waals surface area contributed by atoms with Crippen LogP contribution in [0.3, 0.4) is 0 Å². The number of guanidine groups is 1. The molecule has 1 atom stereocenters. The summed E-state index contributed by atoms with van der Waals surface area (Å²) in [4.78, 5) is 7.11. The average Bonchev–Trinajstić information content (AvgIpc) is 2.66. The molecule has 6 heteroatoms. The Morgan fingerprint density at radius 1 is 1.27 bits per heavy atom. The van der Waals surface area contributed by atoms with Crippen molar-refractivity contribution in [3.05, 3.63) is 29.8 Å². The minimum atomic E-state index is 0.0277. The zero-order valence-electron chi connectivity index (χ0n) is 16.5. The van der Waals surface area contributed by atoms with Gasteiger partial charge >= 0.3 is 0 Å². The lowest BCUT2D eigenvalue weighted by atomic mass is 10.2. The van der Waals surface area contributed by atoms with Crippen molar-refractivity contribution in [3.63, 3.8) is 0 Å². The van der Waals surface area contributed by atoms with E-state index in [4.69, 9.17) is 9.47 Å². The van der Waals surface area contributed by atoms with Gasteiger partial charge in [-0.1, -0.05) is 18.2 Å². The van der Waals surface area contributed by atoms with Crippen LogP contribution >= 0.6 is 0 Å². The van der Waals surface area contributed by atoms with Gasteiger partial charge in [0.1, 0.15) is 11.9 Å². The summed E-state index contributed by atoms with van der Waals surface area (Å²) < 4.78 is 11.4. The molecule has 26 heavy (non-hydrogen) atoms. The normalized spacial score (nSPS) is 17.0. The van der Waals surface area contributed by atoms with Gasteiger partial charge in [-0.25, -0.2) is 4.99 Å². The highest BCUT2D eigenvalue weighted by molar-refractivity contribution is 5.79. The Morgan fingerprint density at radius 2 is 2.04 bits per heavy atom. The summed E-state index contributed by atoms with van der Waals surface area (Å²) in [5.41, 5.74) is 1.15. The maximum absolute atomic E-state index is 6.00. The van der Waals surface area contributed by atoms with Crippen molar-refractivity contribution in [2.75, 3.05) is 52.5 Å².